The zero-order valence-electron chi connectivity index (χ0n) is 13.8. The van der Waals surface area contributed by atoms with E-state index in [0.29, 0.717) is 5.92 Å². The molecule has 0 spiro atoms. The highest BCUT2D eigenvalue weighted by Gasteiger charge is 2.76. The van der Waals surface area contributed by atoms with Crippen molar-refractivity contribution in [2.45, 2.75) is 49.7 Å². The van der Waals surface area contributed by atoms with Gasteiger partial charge < -0.3 is 5.11 Å². The predicted molar refractivity (Wildman–Crippen MR) is 89.8 cm³/mol. The van der Waals surface area contributed by atoms with E-state index in [1.807, 2.05) is 0 Å². The number of rotatable bonds is 3. The molecule has 4 saturated carbocycles. The summed E-state index contributed by atoms with van der Waals surface area (Å²) in [7, 11) is 0. The highest BCUT2D eigenvalue weighted by Crippen LogP contribution is 2.78. The lowest BCUT2D eigenvalue weighted by atomic mass is 9.63. The molecule has 6 fully saturated rings. The smallest absolute Gasteiger partial charge is 0.111 e. The topological polar surface area (TPSA) is 23.5 Å². The molecular weight excluding hydrogens is 282 g/mol. The Bertz CT molecular complexity index is 619. The molecule has 2 aliphatic heterocycles. The number of hydrogen-bond donors (Lipinski definition) is 1. The summed E-state index contributed by atoms with van der Waals surface area (Å²) in [5.74, 6) is 4.08. The van der Waals surface area contributed by atoms with Gasteiger partial charge in [0.1, 0.15) is 5.60 Å². The van der Waals surface area contributed by atoms with E-state index < -0.39 is 5.60 Å². The van der Waals surface area contributed by atoms with Gasteiger partial charge in [-0.05, 0) is 86.8 Å². The van der Waals surface area contributed by atoms with Crippen LogP contribution in [0, 0.1) is 29.6 Å². The van der Waals surface area contributed by atoms with Gasteiger partial charge in [-0.2, -0.15) is 0 Å². The number of aliphatic hydroxyl groups is 1. The molecule has 1 aromatic rings. The van der Waals surface area contributed by atoms with Crippen LogP contribution >= 0.6 is 0 Å². The first kappa shape index (κ1) is 13.4. The molecular formula is C21H27NO. The fraction of sp³-hybridized carbons (Fsp3) is 0.714. The van der Waals surface area contributed by atoms with Gasteiger partial charge in [-0.3, -0.25) is 4.90 Å². The van der Waals surface area contributed by atoms with Crippen molar-refractivity contribution in [1.29, 1.82) is 0 Å². The highest BCUT2D eigenvalue weighted by molar-refractivity contribution is 5.35. The third-order valence-electron chi connectivity index (χ3n) is 8.52. The van der Waals surface area contributed by atoms with Crippen LogP contribution in [0.5, 0.6) is 0 Å². The second kappa shape index (κ2) is 4.21. The van der Waals surface area contributed by atoms with Crippen LogP contribution in [-0.2, 0) is 5.60 Å². The normalized spacial score (nSPS) is 45.2. The molecule has 6 atom stereocenters. The van der Waals surface area contributed by atoms with Gasteiger partial charge in [-0.25, -0.2) is 0 Å². The number of nitrogens with zero attached hydrogens (tertiary/aromatic N) is 1. The maximum Gasteiger partial charge on any atom is 0.111 e. The molecule has 0 radical (unpaired) electrons. The maximum atomic E-state index is 12.5. The van der Waals surface area contributed by atoms with Crippen LogP contribution in [0.2, 0.25) is 0 Å². The van der Waals surface area contributed by atoms with Crippen molar-refractivity contribution in [3.63, 3.8) is 0 Å². The minimum atomic E-state index is -0.614. The van der Waals surface area contributed by atoms with E-state index in [1.165, 1.54) is 57.2 Å². The van der Waals surface area contributed by atoms with Gasteiger partial charge in [0.15, 0.2) is 0 Å². The van der Waals surface area contributed by atoms with E-state index in [4.69, 9.17) is 0 Å². The number of fused-ring (bicyclic) bond motifs is 1. The van der Waals surface area contributed by atoms with Gasteiger partial charge in [-0.1, -0.05) is 30.3 Å². The Morgan fingerprint density at radius 2 is 1.65 bits per heavy atom. The number of hydrogen-bond acceptors (Lipinski definition) is 2. The average molecular weight is 309 g/mol. The molecule has 2 nitrogen and oxygen atoms in total. The first-order valence-corrected chi connectivity index (χ1v) is 9.79. The first-order valence-electron chi connectivity index (χ1n) is 9.79. The van der Waals surface area contributed by atoms with Crippen LogP contribution in [0.4, 0.5) is 0 Å². The molecule has 2 heterocycles. The lowest BCUT2D eigenvalue weighted by Gasteiger charge is -2.52. The van der Waals surface area contributed by atoms with Crippen molar-refractivity contribution in [3.8, 4) is 0 Å². The summed E-state index contributed by atoms with van der Waals surface area (Å²) >= 11 is 0. The van der Waals surface area contributed by atoms with Gasteiger partial charge >= 0.3 is 0 Å². The van der Waals surface area contributed by atoms with Crippen molar-refractivity contribution < 1.29 is 5.11 Å². The molecule has 4 bridgehead atoms. The summed E-state index contributed by atoms with van der Waals surface area (Å²) in [5, 5.41) is 12.5. The molecule has 2 heteroatoms. The zero-order valence-corrected chi connectivity index (χ0v) is 13.8. The van der Waals surface area contributed by atoms with E-state index >= 15 is 0 Å². The Morgan fingerprint density at radius 3 is 2.22 bits per heavy atom. The Hall–Kier alpha value is -0.860. The van der Waals surface area contributed by atoms with Gasteiger partial charge in [-0.15, -0.1) is 0 Å². The van der Waals surface area contributed by atoms with Gasteiger partial charge in [0.2, 0.25) is 0 Å². The van der Waals surface area contributed by atoms with E-state index in [-0.39, 0.29) is 5.54 Å². The SMILES string of the molecule is O[C@](c1ccccc1)([C@H]1C2C[C@@H]3C1[C@@H]3C2)C12CCCN1CCC2. The molecule has 0 amide bonds. The van der Waals surface area contributed by atoms with Crippen molar-refractivity contribution in [1.82, 2.24) is 4.90 Å². The summed E-state index contributed by atoms with van der Waals surface area (Å²) < 4.78 is 0. The Kier molecular flexibility index (Phi) is 2.46. The molecule has 2 saturated heterocycles. The third kappa shape index (κ3) is 1.41. The average Bonchev–Trinajstić information content (AvgIpc) is 3.19. The molecule has 0 aromatic heterocycles. The van der Waals surface area contributed by atoms with Crippen LogP contribution in [0.3, 0.4) is 0 Å². The summed E-state index contributed by atoms with van der Waals surface area (Å²) in [6, 6.07) is 10.8. The second-order valence-corrected chi connectivity index (χ2v) is 9.02. The molecule has 7 rings (SSSR count). The van der Waals surface area contributed by atoms with Crippen molar-refractivity contribution in [2.24, 2.45) is 29.6 Å². The monoisotopic (exact) mass is 309 g/mol. The maximum absolute atomic E-state index is 12.5. The molecule has 1 N–H and O–H groups in total. The van der Waals surface area contributed by atoms with Gasteiger partial charge in [0.05, 0.1) is 5.54 Å². The van der Waals surface area contributed by atoms with Crippen molar-refractivity contribution >= 4 is 0 Å². The summed E-state index contributed by atoms with van der Waals surface area (Å²) in [6.45, 7) is 2.40. The highest BCUT2D eigenvalue weighted by atomic mass is 16.3. The van der Waals surface area contributed by atoms with E-state index in [0.717, 1.165) is 23.7 Å². The summed E-state index contributed by atoms with van der Waals surface area (Å²) in [5.41, 5.74) is 0.636. The van der Waals surface area contributed by atoms with Crippen LogP contribution < -0.4 is 0 Å². The molecule has 1 aromatic carbocycles. The van der Waals surface area contributed by atoms with Gasteiger partial charge in [0.25, 0.3) is 0 Å². The second-order valence-electron chi connectivity index (χ2n) is 9.02. The molecule has 122 valence electrons. The van der Waals surface area contributed by atoms with Crippen molar-refractivity contribution in [2.75, 3.05) is 13.1 Å². The van der Waals surface area contributed by atoms with Crippen LogP contribution in [0.1, 0.15) is 44.1 Å². The minimum absolute atomic E-state index is 0.0314. The van der Waals surface area contributed by atoms with Crippen LogP contribution in [0.25, 0.3) is 0 Å². The summed E-state index contributed by atoms with van der Waals surface area (Å²) in [4.78, 5) is 2.67. The Labute approximate surface area is 138 Å². The minimum Gasteiger partial charge on any atom is -0.383 e. The fourth-order valence-electron chi connectivity index (χ4n) is 7.89. The molecule has 4 aliphatic carbocycles. The lowest BCUT2D eigenvalue weighted by molar-refractivity contribution is -0.141. The molecule has 23 heavy (non-hydrogen) atoms. The largest absolute Gasteiger partial charge is 0.383 e. The van der Waals surface area contributed by atoms with Crippen molar-refractivity contribution in [3.05, 3.63) is 35.9 Å². The predicted octanol–water partition coefficient (Wildman–Crippen LogP) is 3.40. The van der Waals surface area contributed by atoms with E-state index in [2.05, 4.69) is 35.2 Å². The third-order valence-corrected chi connectivity index (χ3v) is 8.52. The van der Waals surface area contributed by atoms with E-state index in [1.54, 1.807) is 0 Å². The summed E-state index contributed by atoms with van der Waals surface area (Å²) in [6.07, 6.45) is 7.75. The molecule has 6 aliphatic rings. The Balaban J connectivity index is 1.54. The van der Waals surface area contributed by atoms with E-state index in [9.17, 15) is 5.11 Å². The Morgan fingerprint density at radius 1 is 1.00 bits per heavy atom. The quantitative estimate of drug-likeness (QED) is 0.925. The number of benzene rings is 1. The lowest BCUT2D eigenvalue weighted by Crippen LogP contribution is -2.60. The standard InChI is InChI=1S/C21H27NO/c23-21(15-6-2-1-3-7-15,19-14-12-16-17(13-14)18(16)19)20-8-4-10-22(20)11-5-9-20/h1-3,6-7,14,16-19,23H,4-5,8-13H2/t14?,16-,17+,18?,19-,21+/m0/s1. The fourth-order valence-corrected chi connectivity index (χ4v) is 7.89. The first-order chi connectivity index (χ1) is 11.3. The van der Waals surface area contributed by atoms with Gasteiger partial charge in [0, 0.05) is 0 Å². The zero-order chi connectivity index (χ0) is 15.2. The van der Waals surface area contributed by atoms with Crippen LogP contribution in [0.15, 0.2) is 30.3 Å². The molecule has 2 unspecified atom stereocenters. The van der Waals surface area contributed by atoms with Crippen LogP contribution in [-0.4, -0.2) is 28.6 Å².